The smallest absolute Gasteiger partial charge is 0.275 e. The summed E-state index contributed by atoms with van der Waals surface area (Å²) < 4.78 is 6.42. The molecule has 140 valence electrons. The second-order valence-corrected chi connectivity index (χ2v) is 8.90. The van der Waals surface area contributed by atoms with Gasteiger partial charge in [0.2, 0.25) is 0 Å². The second-order valence-electron chi connectivity index (χ2n) is 6.21. The summed E-state index contributed by atoms with van der Waals surface area (Å²) in [6.45, 7) is 4.31. The summed E-state index contributed by atoms with van der Waals surface area (Å²) in [5.74, 6) is -0.184. The second kappa shape index (κ2) is 8.62. The van der Waals surface area contributed by atoms with Crippen molar-refractivity contribution in [3.63, 3.8) is 0 Å². The summed E-state index contributed by atoms with van der Waals surface area (Å²) in [7, 11) is 0. The molecule has 1 aromatic carbocycles. The minimum Gasteiger partial charge on any atom is -0.379 e. The number of ether oxygens (including phenoxy) is 1. The fraction of sp³-hybridized carbons (Fsp3) is 0.263. The number of thiophene rings is 1. The maximum Gasteiger partial charge on any atom is 0.275 e. The van der Waals surface area contributed by atoms with Crippen molar-refractivity contribution in [3.8, 4) is 9.88 Å². The average Bonchev–Trinajstić information content (AvgIpc) is 3.32. The van der Waals surface area contributed by atoms with Crippen molar-refractivity contribution in [3.05, 3.63) is 56.8 Å². The molecule has 1 aliphatic rings. The van der Waals surface area contributed by atoms with Crippen LogP contribution in [0.15, 0.2) is 45.6 Å². The van der Waals surface area contributed by atoms with Crippen LogP contribution in [0.3, 0.4) is 0 Å². The van der Waals surface area contributed by atoms with Crippen molar-refractivity contribution >= 4 is 50.2 Å². The van der Waals surface area contributed by atoms with Crippen LogP contribution in [0.4, 0.5) is 5.69 Å². The molecule has 0 aliphatic carbocycles. The average molecular weight is 464 g/mol. The number of morpholine rings is 1. The minimum atomic E-state index is -0.184. The van der Waals surface area contributed by atoms with Crippen molar-refractivity contribution in [2.45, 2.75) is 6.54 Å². The Morgan fingerprint density at radius 3 is 2.85 bits per heavy atom. The van der Waals surface area contributed by atoms with E-state index in [-0.39, 0.29) is 5.91 Å². The number of halogens is 1. The number of aromatic nitrogens is 1. The first-order chi connectivity index (χ1) is 13.2. The molecule has 3 aromatic rings. The minimum absolute atomic E-state index is 0.184. The van der Waals surface area contributed by atoms with Gasteiger partial charge in [-0.3, -0.25) is 9.69 Å². The predicted octanol–water partition coefficient (Wildman–Crippen LogP) is 4.72. The molecule has 3 heterocycles. The number of thiazole rings is 1. The van der Waals surface area contributed by atoms with Crippen LogP contribution >= 0.6 is 38.6 Å². The Hall–Kier alpha value is -1.58. The van der Waals surface area contributed by atoms with Gasteiger partial charge in [0.05, 0.1) is 18.1 Å². The van der Waals surface area contributed by atoms with Gasteiger partial charge in [0.1, 0.15) is 10.7 Å². The molecule has 0 saturated carbocycles. The lowest BCUT2D eigenvalue weighted by atomic mass is 10.2. The molecule has 0 radical (unpaired) electrons. The van der Waals surface area contributed by atoms with E-state index in [2.05, 4.69) is 37.2 Å². The van der Waals surface area contributed by atoms with Crippen LogP contribution in [0.5, 0.6) is 0 Å². The van der Waals surface area contributed by atoms with Gasteiger partial charge >= 0.3 is 0 Å². The van der Waals surface area contributed by atoms with Crippen molar-refractivity contribution < 1.29 is 9.53 Å². The van der Waals surface area contributed by atoms with Crippen LogP contribution in [0, 0.1) is 0 Å². The number of amides is 1. The summed E-state index contributed by atoms with van der Waals surface area (Å²) in [6, 6.07) is 10.0. The van der Waals surface area contributed by atoms with Gasteiger partial charge in [-0.1, -0.05) is 12.1 Å². The first kappa shape index (κ1) is 18.8. The van der Waals surface area contributed by atoms with Crippen molar-refractivity contribution in [2.24, 2.45) is 0 Å². The Labute approximate surface area is 174 Å². The number of nitrogens with one attached hydrogen (secondary N) is 1. The number of rotatable bonds is 5. The fourth-order valence-corrected chi connectivity index (χ4v) is 5.18. The van der Waals surface area contributed by atoms with Crippen LogP contribution < -0.4 is 5.32 Å². The highest BCUT2D eigenvalue weighted by Crippen LogP contribution is 2.32. The molecule has 1 fully saturated rings. The number of anilines is 1. The molecule has 4 rings (SSSR count). The first-order valence-corrected chi connectivity index (χ1v) is 11.1. The summed E-state index contributed by atoms with van der Waals surface area (Å²) in [4.78, 5) is 20.5. The number of carbonyl (C=O) groups is 1. The Morgan fingerprint density at radius 2 is 2.07 bits per heavy atom. The highest BCUT2D eigenvalue weighted by molar-refractivity contribution is 9.10. The third kappa shape index (κ3) is 4.83. The van der Waals surface area contributed by atoms with E-state index < -0.39 is 0 Å². The molecule has 2 aromatic heterocycles. The van der Waals surface area contributed by atoms with Gasteiger partial charge in [-0.05, 0) is 39.7 Å². The van der Waals surface area contributed by atoms with Crippen LogP contribution in [0.1, 0.15) is 16.1 Å². The van der Waals surface area contributed by atoms with Crippen LogP contribution in [-0.4, -0.2) is 42.1 Å². The lowest BCUT2D eigenvalue weighted by molar-refractivity contribution is 0.0342. The third-order valence-electron chi connectivity index (χ3n) is 4.21. The zero-order valence-electron chi connectivity index (χ0n) is 14.5. The molecule has 8 heteroatoms. The summed E-state index contributed by atoms with van der Waals surface area (Å²) in [6.07, 6.45) is 0. The zero-order valence-corrected chi connectivity index (χ0v) is 17.7. The summed E-state index contributed by atoms with van der Waals surface area (Å²) >= 11 is 6.54. The van der Waals surface area contributed by atoms with Gasteiger partial charge in [0, 0.05) is 40.6 Å². The van der Waals surface area contributed by atoms with E-state index in [1.54, 1.807) is 16.7 Å². The van der Waals surface area contributed by atoms with Gasteiger partial charge < -0.3 is 10.1 Å². The van der Waals surface area contributed by atoms with E-state index in [0.717, 1.165) is 52.9 Å². The highest BCUT2D eigenvalue weighted by atomic mass is 79.9. The standard InChI is InChI=1S/C19H18BrN3O2S2/c20-14-9-17(26-11-14)19-22-16(12-27-19)18(24)21-15-3-1-2-13(8-15)10-23-4-6-25-7-5-23/h1-3,8-9,11-12H,4-7,10H2,(H,21,24). The van der Waals surface area contributed by atoms with E-state index >= 15 is 0 Å². The van der Waals surface area contributed by atoms with Crippen molar-refractivity contribution in [1.82, 2.24) is 9.88 Å². The maximum atomic E-state index is 12.6. The molecule has 1 aliphatic heterocycles. The third-order valence-corrected chi connectivity index (χ3v) is 6.91. The summed E-state index contributed by atoms with van der Waals surface area (Å²) in [5, 5.41) is 7.63. The number of hydrogen-bond donors (Lipinski definition) is 1. The number of benzene rings is 1. The monoisotopic (exact) mass is 463 g/mol. The van der Waals surface area contributed by atoms with Crippen molar-refractivity contribution in [2.75, 3.05) is 31.6 Å². The fourth-order valence-electron chi connectivity index (χ4n) is 2.88. The van der Waals surface area contributed by atoms with Gasteiger partial charge in [-0.25, -0.2) is 4.98 Å². The van der Waals surface area contributed by atoms with E-state index in [4.69, 9.17) is 4.74 Å². The van der Waals surface area contributed by atoms with Crippen LogP contribution in [-0.2, 0) is 11.3 Å². The number of carbonyl (C=O) groups excluding carboxylic acids is 1. The number of hydrogen-bond acceptors (Lipinski definition) is 6. The Morgan fingerprint density at radius 1 is 1.22 bits per heavy atom. The van der Waals surface area contributed by atoms with E-state index in [1.165, 1.54) is 16.9 Å². The first-order valence-electron chi connectivity index (χ1n) is 8.58. The normalized spacial score (nSPS) is 15.0. The van der Waals surface area contributed by atoms with Gasteiger partial charge in [0.15, 0.2) is 0 Å². The lowest BCUT2D eigenvalue weighted by Crippen LogP contribution is -2.35. The van der Waals surface area contributed by atoms with E-state index in [9.17, 15) is 4.79 Å². The van der Waals surface area contributed by atoms with Crippen LogP contribution in [0.2, 0.25) is 0 Å². The molecule has 0 unspecified atom stereocenters. The Bertz CT molecular complexity index is 934. The quantitative estimate of drug-likeness (QED) is 0.594. The molecule has 1 saturated heterocycles. The summed E-state index contributed by atoms with van der Waals surface area (Å²) in [5.41, 5.74) is 2.41. The molecule has 5 nitrogen and oxygen atoms in total. The topological polar surface area (TPSA) is 54.5 Å². The molecule has 1 amide bonds. The molecular formula is C19H18BrN3O2S2. The van der Waals surface area contributed by atoms with E-state index in [0.29, 0.717) is 5.69 Å². The number of nitrogens with zero attached hydrogens (tertiary/aromatic N) is 2. The van der Waals surface area contributed by atoms with Gasteiger partial charge in [-0.2, -0.15) is 0 Å². The molecule has 27 heavy (non-hydrogen) atoms. The van der Waals surface area contributed by atoms with Gasteiger partial charge in [-0.15, -0.1) is 22.7 Å². The van der Waals surface area contributed by atoms with Crippen LogP contribution in [0.25, 0.3) is 9.88 Å². The lowest BCUT2D eigenvalue weighted by Gasteiger charge is -2.26. The van der Waals surface area contributed by atoms with Gasteiger partial charge in [0.25, 0.3) is 5.91 Å². The largest absolute Gasteiger partial charge is 0.379 e. The molecule has 0 bridgehead atoms. The Kier molecular flexibility index (Phi) is 5.99. The molecule has 1 N–H and O–H groups in total. The van der Waals surface area contributed by atoms with E-state index in [1.807, 2.05) is 29.6 Å². The predicted molar refractivity (Wildman–Crippen MR) is 114 cm³/mol. The SMILES string of the molecule is O=C(Nc1cccc(CN2CCOCC2)c1)c1csc(-c2cc(Br)cs2)n1. The molecule has 0 spiro atoms. The van der Waals surface area contributed by atoms with Crippen molar-refractivity contribution in [1.29, 1.82) is 0 Å². The molecule has 0 atom stereocenters. The maximum absolute atomic E-state index is 12.6. The highest BCUT2D eigenvalue weighted by Gasteiger charge is 2.14. The molecular weight excluding hydrogens is 446 g/mol. The zero-order chi connectivity index (χ0) is 18.6. The Balaban J connectivity index is 1.42.